The Morgan fingerprint density at radius 3 is 2.15 bits per heavy atom. The summed E-state index contributed by atoms with van der Waals surface area (Å²) in [5, 5.41) is 0. The van der Waals surface area contributed by atoms with E-state index in [9.17, 15) is 4.79 Å². The topological polar surface area (TPSA) is 26.3 Å². The summed E-state index contributed by atoms with van der Waals surface area (Å²) < 4.78 is 4.93. The molecule has 76 valence electrons. The zero-order valence-electron chi connectivity index (χ0n) is 7.39. The van der Waals surface area contributed by atoms with Crippen LogP contribution in [0.25, 0.3) is 0 Å². The molecule has 0 radical (unpaired) electrons. The maximum absolute atomic E-state index is 10.9. The molecular formula is C7H11Cl3O2Si. The van der Waals surface area contributed by atoms with E-state index < -0.39 is 17.7 Å². The van der Waals surface area contributed by atoms with Gasteiger partial charge in [-0.05, 0) is 5.92 Å². The molecule has 0 N–H and O–H groups in total. The van der Waals surface area contributed by atoms with Gasteiger partial charge in [0, 0.05) is 6.08 Å². The summed E-state index contributed by atoms with van der Waals surface area (Å²) in [6, 6.07) is -3.00. The van der Waals surface area contributed by atoms with Crippen molar-refractivity contribution in [1.82, 2.24) is 0 Å². The Balaban J connectivity index is 4.45. The maximum Gasteiger partial charge on any atom is 0.381 e. The van der Waals surface area contributed by atoms with Crippen LogP contribution in [0.4, 0.5) is 0 Å². The average Bonchev–Trinajstić information content (AvgIpc) is 1.96. The van der Waals surface area contributed by atoms with Gasteiger partial charge in [-0.25, -0.2) is 4.79 Å². The van der Waals surface area contributed by atoms with Gasteiger partial charge in [-0.2, -0.15) is 0 Å². The third-order valence-electron chi connectivity index (χ3n) is 1.34. The second-order valence-corrected chi connectivity index (χ2v) is 11.6. The van der Waals surface area contributed by atoms with E-state index in [4.69, 9.17) is 38.0 Å². The molecule has 0 bridgehead atoms. The monoisotopic (exact) mass is 260 g/mol. The second kappa shape index (κ2) is 5.25. The van der Waals surface area contributed by atoms with Crippen LogP contribution in [-0.2, 0) is 9.53 Å². The lowest BCUT2D eigenvalue weighted by Crippen LogP contribution is -2.39. The van der Waals surface area contributed by atoms with Crippen molar-refractivity contribution in [2.75, 3.05) is 0 Å². The van der Waals surface area contributed by atoms with Crippen LogP contribution in [0.3, 0.4) is 0 Å². The largest absolute Gasteiger partial charge is 0.458 e. The quantitative estimate of drug-likeness (QED) is 0.337. The van der Waals surface area contributed by atoms with Gasteiger partial charge in [0.2, 0.25) is 0 Å². The number of esters is 1. The molecular weight excluding hydrogens is 251 g/mol. The fourth-order valence-corrected chi connectivity index (χ4v) is 4.43. The predicted molar refractivity (Wildman–Crippen MR) is 58.2 cm³/mol. The Bertz CT molecular complexity index is 200. The lowest BCUT2D eigenvalue weighted by atomic mass is 10.2. The number of hydrogen-bond acceptors (Lipinski definition) is 2. The highest BCUT2D eigenvalue weighted by Crippen LogP contribution is 2.30. The van der Waals surface area contributed by atoms with Gasteiger partial charge < -0.3 is 4.74 Å². The minimum Gasteiger partial charge on any atom is -0.458 e. The molecule has 0 aromatic heterocycles. The van der Waals surface area contributed by atoms with E-state index in [1.807, 2.05) is 13.8 Å². The zero-order chi connectivity index (χ0) is 10.6. The SMILES string of the molecule is C=CC(=O)OC(C(C)C)[Si](Cl)(Cl)Cl. The van der Waals surface area contributed by atoms with E-state index in [1.54, 1.807) is 0 Å². The first kappa shape index (κ1) is 13.3. The van der Waals surface area contributed by atoms with Crippen LogP contribution in [0.5, 0.6) is 0 Å². The van der Waals surface area contributed by atoms with Crippen molar-refractivity contribution in [3.05, 3.63) is 12.7 Å². The van der Waals surface area contributed by atoms with Crippen LogP contribution in [0.2, 0.25) is 0 Å². The van der Waals surface area contributed by atoms with Gasteiger partial charge in [0.1, 0.15) is 5.73 Å². The summed E-state index contributed by atoms with van der Waals surface area (Å²) in [6.07, 6.45) is 1.06. The molecule has 0 spiro atoms. The van der Waals surface area contributed by atoms with E-state index in [0.29, 0.717) is 0 Å². The van der Waals surface area contributed by atoms with Crippen molar-refractivity contribution in [2.24, 2.45) is 5.92 Å². The average molecular weight is 262 g/mol. The van der Waals surface area contributed by atoms with Crippen molar-refractivity contribution < 1.29 is 9.53 Å². The Morgan fingerprint density at radius 2 is 1.92 bits per heavy atom. The van der Waals surface area contributed by atoms with Crippen molar-refractivity contribution in [2.45, 2.75) is 19.6 Å². The Hall–Kier alpha value is 0.297. The molecule has 0 saturated carbocycles. The third kappa shape index (κ3) is 4.91. The molecule has 1 unspecified atom stereocenters. The fourth-order valence-electron chi connectivity index (χ4n) is 0.754. The van der Waals surface area contributed by atoms with E-state index in [1.165, 1.54) is 0 Å². The molecule has 0 aromatic carbocycles. The van der Waals surface area contributed by atoms with Crippen LogP contribution < -0.4 is 0 Å². The highest BCUT2D eigenvalue weighted by atomic mass is 35.8. The summed E-state index contributed by atoms with van der Waals surface area (Å²) in [5.41, 5.74) is -0.622. The van der Waals surface area contributed by atoms with Crippen LogP contribution in [0, 0.1) is 5.92 Å². The van der Waals surface area contributed by atoms with Crippen molar-refractivity contribution in [3.63, 3.8) is 0 Å². The first-order valence-corrected chi connectivity index (χ1v) is 8.80. The summed E-state index contributed by atoms with van der Waals surface area (Å²) in [4.78, 5) is 10.9. The van der Waals surface area contributed by atoms with Crippen molar-refractivity contribution in [3.8, 4) is 0 Å². The highest BCUT2D eigenvalue weighted by molar-refractivity contribution is 7.65. The van der Waals surface area contributed by atoms with Gasteiger partial charge in [0.15, 0.2) is 0 Å². The number of hydrogen-bond donors (Lipinski definition) is 0. The molecule has 0 saturated heterocycles. The number of carbonyl (C=O) groups is 1. The molecule has 0 heterocycles. The van der Waals surface area contributed by atoms with Crippen LogP contribution in [-0.4, -0.2) is 17.7 Å². The van der Waals surface area contributed by atoms with Gasteiger partial charge in [-0.15, -0.1) is 33.2 Å². The minimum atomic E-state index is -3.00. The molecule has 0 fully saturated rings. The second-order valence-electron chi connectivity index (χ2n) is 2.85. The minimum absolute atomic E-state index is 0.0110. The summed E-state index contributed by atoms with van der Waals surface area (Å²) in [6.45, 7) is 6.93. The molecule has 0 aliphatic rings. The standard InChI is InChI=1S/C7H11Cl3O2Si/c1-4-6(11)12-7(5(2)3)13(8,9)10/h4-5,7H,1H2,2-3H3. The van der Waals surface area contributed by atoms with Crippen molar-refractivity contribution >= 4 is 45.2 Å². The molecule has 0 aromatic rings. The first-order chi connectivity index (χ1) is 5.79. The number of halogens is 3. The van der Waals surface area contributed by atoms with E-state index in [2.05, 4.69) is 6.58 Å². The highest BCUT2D eigenvalue weighted by Gasteiger charge is 2.41. The van der Waals surface area contributed by atoms with Gasteiger partial charge in [0.05, 0.1) is 0 Å². The van der Waals surface area contributed by atoms with Crippen LogP contribution >= 0.6 is 33.2 Å². The molecule has 0 amide bonds. The lowest BCUT2D eigenvalue weighted by Gasteiger charge is -2.24. The molecule has 6 heteroatoms. The lowest BCUT2D eigenvalue weighted by molar-refractivity contribution is -0.141. The zero-order valence-corrected chi connectivity index (χ0v) is 10.7. The van der Waals surface area contributed by atoms with Crippen LogP contribution in [0.15, 0.2) is 12.7 Å². The number of carbonyl (C=O) groups excluding carboxylic acids is 1. The molecule has 13 heavy (non-hydrogen) atoms. The third-order valence-corrected chi connectivity index (χ3v) is 4.70. The fraction of sp³-hybridized carbons (Fsp3) is 0.571. The first-order valence-electron chi connectivity index (χ1n) is 3.68. The predicted octanol–water partition coefficient (Wildman–Crippen LogP) is 2.93. The van der Waals surface area contributed by atoms with Crippen molar-refractivity contribution in [1.29, 1.82) is 0 Å². The van der Waals surface area contributed by atoms with Gasteiger partial charge in [0.25, 0.3) is 0 Å². The number of rotatable bonds is 4. The van der Waals surface area contributed by atoms with E-state index in [0.717, 1.165) is 6.08 Å². The van der Waals surface area contributed by atoms with Gasteiger partial charge >= 0.3 is 12.0 Å². The Morgan fingerprint density at radius 1 is 1.46 bits per heavy atom. The summed E-state index contributed by atoms with van der Waals surface area (Å²) >= 11 is 17.3. The molecule has 2 nitrogen and oxygen atoms in total. The normalized spacial score (nSPS) is 14.0. The molecule has 0 aliphatic carbocycles. The molecule has 0 rings (SSSR count). The smallest absolute Gasteiger partial charge is 0.381 e. The van der Waals surface area contributed by atoms with E-state index >= 15 is 0 Å². The Labute approximate surface area is 92.9 Å². The van der Waals surface area contributed by atoms with Gasteiger partial charge in [-0.1, -0.05) is 20.4 Å². The summed E-state index contributed by atoms with van der Waals surface area (Å²) in [7, 11) is 0. The summed E-state index contributed by atoms with van der Waals surface area (Å²) in [5.74, 6) is -0.569. The number of ether oxygens (including phenoxy) is 1. The van der Waals surface area contributed by atoms with Crippen LogP contribution in [0.1, 0.15) is 13.8 Å². The molecule has 0 aliphatic heterocycles. The Kier molecular flexibility index (Phi) is 5.37. The van der Waals surface area contributed by atoms with E-state index in [-0.39, 0.29) is 5.92 Å². The molecule has 1 atom stereocenters. The van der Waals surface area contributed by atoms with Gasteiger partial charge in [-0.3, -0.25) is 0 Å². The maximum atomic E-state index is 10.9.